The molecule has 0 aromatic heterocycles. The van der Waals surface area contributed by atoms with Crippen molar-refractivity contribution in [2.75, 3.05) is 13.2 Å². The maximum absolute atomic E-state index is 5.68. The van der Waals surface area contributed by atoms with Gasteiger partial charge in [0.2, 0.25) is 0 Å². The molecule has 20 heavy (non-hydrogen) atoms. The van der Waals surface area contributed by atoms with Crippen LogP contribution in [0.1, 0.15) is 77.6 Å². The van der Waals surface area contributed by atoms with E-state index in [-0.39, 0.29) is 16.5 Å². The summed E-state index contributed by atoms with van der Waals surface area (Å²) in [5.41, 5.74) is 0. The Hall–Kier alpha value is 1.20. The summed E-state index contributed by atoms with van der Waals surface area (Å²) in [5.74, 6) is 0. The molecule has 0 fully saturated rings. The van der Waals surface area contributed by atoms with E-state index in [4.69, 9.17) is 4.74 Å². The summed E-state index contributed by atoms with van der Waals surface area (Å²) in [4.78, 5) is 0. The van der Waals surface area contributed by atoms with Crippen LogP contribution in [0.25, 0.3) is 0 Å². The van der Waals surface area contributed by atoms with Crippen molar-refractivity contribution < 1.29 is 4.74 Å². The summed E-state index contributed by atoms with van der Waals surface area (Å²) in [7, 11) is 0. The molecule has 0 heterocycles. The quantitative estimate of drug-likeness (QED) is 0.126. The first-order valence-electron chi connectivity index (χ1n) is 8.70. The molecule has 0 unspecified atom stereocenters. The van der Waals surface area contributed by atoms with E-state index in [0.29, 0.717) is 0 Å². The van der Waals surface area contributed by atoms with Gasteiger partial charge in [-0.25, -0.2) is 0 Å². The van der Waals surface area contributed by atoms with E-state index >= 15 is 0 Å². The Balaban J connectivity index is 2.97. The molecule has 0 bridgehead atoms. The van der Waals surface area contributed by atoms with Crippen molar-refractivity contribution in [2.24, 2.45) is 0 Å². The Morgan fingerprint density at radius 2 is 1.40 bits per heavy atom. The molecule has 0 amide bonds. The van der Waals surface area contributed by atoms with Gasteiger partial charge in [-0.15, -0.1) is 4.55 Å². The number of ether oxygens (including phenoxy) is 1. The molecule has 3 heteroatoms. The second-order valence-corrected chi connectivity index (χ2v) is 9.85. The first kappa shape index (κ1) is 21.2. The van der Waals surface area contributed by atoms with Gasteiger partial charge in [0.15, 0.2) is 0 Å². The van der Waals surface area contributed by atoms with Crippen molar-refractivity contribution >= 4 is 35.3 Å². The summed E-state index contributed by atoms with van der Waals surface area (Å²) in [5, 5.41) is 0. The maximum atomic E-state index is 5.68. The average molecular weight is 405 g/mol. The minimum atomic E-state index is 0.243. The zero-order valence-corrected chi connectivity index (χ0v) is 17.1. The van der Waals surface area contributed by atoms with Crippen LogP contribution in [-0.2, 0) is 4.74 Å². The van der Waals surface area contributed by atoms with E-state index in [1.165, 1.54) is 75.2 Å². The minimum absolute atomic E-state index is 0.243. The van der Waals surface area contributed by atoms with E-state index in [0.717, 1.165) is 13.2 Å². The summed E-state index contributed by atoms with van der Waals surface area (Å²) < 4.78 is 7.13. The highest BCUT2D eigenvalue weighted by atomic mass is 127. The molecular formula is C17H33IMgO. The molecule has 0 radical (unpaired) electrons. The molecule has 1 nitrogen and oxygen atoms in total. The molecule has 0 aliphatic heterocycles. The van der Waals surface area contributed by atoms with Gasteiger partial charge in [-0.1, -0.05) is 70.4 Å². The van der Waals surface area contributed by atoms with E-state index in [1.54, 1.807) is 0 Å². The van der Waals surface area contributed by atoms with Gasteiger partial charge in [0, 0.05) is 13.2 Å². The second-order valence-electron chi connectivity index (χ2n) is 5.53. The van der Waals surface area contributed by atoms with Crippen molar-refractivity contribution in [3.63, 3.8) is 0 Å². The average Bonchev–Trinajstić information content (AvgIpc) is 2.47. The molecule has 0 aliphatic carbocycles. The van der Waals surface area contributed by atoms with Crippen molar-refractivity contribution in [3.05, 3.63) is 12.2 Å². The third-order valence-corrected chi connectivity index (χ3v) is 6.44. The fourth-order valence-electron chi connectivity index (χ4n) is 2.17. The van der Waals surface area contributed by atoms with Crippen molar-refractivity contribution in [3.8, 4) is 0 Å². The Morgan fingerprint density at radius 3 is 2.10 bits per heavy atom. The Morgan fingerprint density at radius 1 is 0.800 bits per heavy atom. The van der Waals surface area contributed by atoms with E-state index in [2.05, 4.69) is 37.9 Å². The topological polar surface area (TPSA) is 9.23 Å². The van der Waals surface area contributed by atoms with Gasteiger partial charge in [-0.05, 0) is 19.3 Å². The highest BCUT2D eigenvalue weighted by Gasteiger charge is 1.92. The van der Waals surface area contributed by atoms with Crippen LogP contribution in [-0.4, -0.2) is 29.7 Å². The smallest absolute Gasteiger partial charge is 0.381 e. The molecule has 0 aromatic carbocycles. The zero-order chi connectivity index (χ0) is 14.7. The van der Waals surface area contributed by atoms with Crippen LogP contribution in [0.5, 0.6) is 0 Å². The Bertz CT molecular complexity index is 197. The van der Waals surface area contributed by atoms with Gasteiger partial charge >= 0.3 is 16.5 Å². The van der Waals surface area contributed by atoms with Crippen LogP contribution < -0.4 is 0 Å². The first-order chi connectivity index (χ1) is 9.91. The van der Waals surface area contributed by atoms with Crippen LogP contribution in [0.4, 0.5) is 0 Å². The van der Waals surface area contributed by atoms with E-state index < -0.39 is 0 Å². The van der Waals surface area contributed by atoms with Gasteiger partial charge in [-0.3, -0.25) is 0 Å². The van der Waals surface area contributed by atoms with Crippen LogP contribution in [0.3, 0.4) is 0 Å². The van der Waals surface area contributed by atoms with E-state index in [1.807, 2.05) is 0 Å². The number of hydrogen-bond donors (Lipinski definition) is 0. The molecule has 0 rings (SSSR count). The SMILES string of the molecule is CCCCCCCCCCOCCC/C=C\C[CH2][Mg][I]. The van der Waals surface area contributed by atoms with Crippen LogP contribution >= 0.6 is 18.9 Å². The molecule has 0 aliphatic rings. The first-order valence-corrected chi connectivity index (χ1v) is 14.8. The minimum Gasteiger partial charge on any atom is -0.381 e. The monoisotopic (exact) mass is 404 g/mol. The molecule has 0 atom stereocenters. The summed E-state index contributed by atoms with van der Waals surface area (Å²) >= 11 is 2.82. The summed E-state index contributed by atoms with van der Waals surface area (Å²) in [6.07, 6.45) is 19.4. The van der Waals surface area contributed by atoms with Crippen molar-refractivity contribution in [1.29, 1.82) is 0 Å². The third kappa shape index (κ3) is 19.2. The molecule has 0 spiro atoms. The summed E-state index contributed by atoms with van der Waals surface area (Å²) in [6.45, 7) is 4.20. The lowest BCUT2D eigenvalue weighted by Gasteiger charge is -2.03. The highest BCUT2D eigenvalue weighted by Crippen LogP contribution is 2.08. The van der Waals surface area contributed by atoms with Gasteiger partial charge in [0.1, 0.15) is 0 Å². The van der Waals surface area contributed by atoms with Crippen molar-refractivity contribution in [1.82, 2.24) is 0 Å². The zero-order valence-electron chi connectivity index (χ0n) is 13.5. The Labute approximate surface area is 146 Å². The fourth-order valence-corrected chi connectivity index (χ4v) is 3.89. The third-order valence-electron chi connectivity index (χ3n) is 3.47. The molecule has 116 valence electrons. The number of halogens is 1. The van der Waals surface area contributed by atoms with Gasteiger partial charge < -0.3 is 23.6 Å². The number of hydrogen-bond acceptors (Lipinski definition) is 1. The largest absolute Gasteiger partial charge is 0.464 e. The molecule has 0 aromatic rings. The Kier molecular flexibility index (Phi) is 21.4. The normalized spacial score (nSPS) is 11.1. The fraction of sp³-hybridized carbons (Fsp3) is 0.882. The highest BCUT2D eigenvalue weighted by molar-refractivity contribution is 14.1. The number of rotatable bonds is 16. The second kappa shape index (κ2) is 20.2. The van der Waals surface area contributed by atoms with Crippen LogP contribution in [0.2, 0.25) is 4.55 Å². The van der Waals surface area contributed by atoms with Crippen LogP contribution in [0.15, 0.2) is 12.2 Å². The lowest BCUT2D eigenvalue weighted by molar-refractivity contribution is 0.128. The predicted octanol–water partition coefficient (Wildman–Crippen LogP) is 6.34. The molecule has 0 saturated heterocycles. The van der Waals surface area contributed by atoms with Gasteiger partial charge in [-0.2, -0.15) is 0 Å². The lowest BCUT2D eigenvalue weighted by Crippen LogP contribution is -1.96. The van der Waals surface area contributed by atoms with Crippen molar-refractivity contribution in [2.45, 2.75) is 82.1 Å². The standard InChI is InChI=1S/C17H33O.HI.Mg/c1-3-5-7-9-10-11-13-15-17-18-16-14-12-8-6-4-2;;/h6,8H,2-5,7,9-17H2,1H3;1H;/q;;+1/p-1/b8-6-;;. The van der Waals surface area contributed by atoms with Gasteiger partial charge in [0.25, 0.3) is 0 Å². The van der Waals surface area contributed by atoms with Gasteiger partial charge in [0.05, 0.1) is 0 Å². The molecular weight excluding hydrogens is 371 g/mol. The maximum Gasteiger partial charge on any atom is 0.464 e. The molecule has 0 N–H and O–H groups in total. The number of allylic oxidation sites excluding steroid dienone is 2. The number of unbranched alkanes of at least 4 members (excludes halogenated alkanes) is 8. The predicted molar refractivity (Wildman–Crippen MR) is 101 cm³/mol. The van der Waals surface area contributed by atoms with Crippen LogP contribution in [0, 0.1) is 0 Å². The van der Waals surface area contributed by atoms with E-state index in [9.17, 15) is 0 Å². The summed E-state index contributed by atoms with van der Waals surface area (Å²) in [6, 6.07) is 0. The lowest BCUT2D eigenvalue weighted by atomic mass is 10.1. The molecule has 0 saturated carbocycles.